The smallest absolute Gasteiger partial charge is 0.102 e. The Bertz CT molecular complexity index is 261. The van der Waals surface area contributed by atoms with Crippen molar-refractivity contribution in [3.05, 3.63) is 0 Å². The standard InChI is InChI=1S/C22H46NO/c1-3-5-6-7-8-9-10-11-12-13-14-15-16-17-18-23(4-2)19-21-24-22-20-23/h3-22H2,1-2H3/q+1. The highest BCUT2D eigenvalue weighted by Gasteiger charge is 2.27. The number of ether oxygens (including phenoxy) is 1. The van der Waals surface area contributed by atoms with Crippen LogP contribution < -0.4 is 0 Å². The summed E-state index contributed by atoms with van der Waals surface area (Å²) in [5, 5.41) is 0. The van der Waals surface area contributed by atoms with Gasteiger partial charge in [0.05, 0.1) is 26.3 Å². The highest BCUT2D eigenvalue weighted by atomic mass is 16.5. The zero-order chi connectivity index (χ0) is 17.3. The summed E-state index contributed by atoms with van der Waals surface area (Å²) in [6, 6.07) is 0. The minimum Gasteiger partial charge on any atom is -0.370 e. The molecule has 2 nitrogen and oxygen atoms in total. The van der Waals surface area contributed by atoms with Crippen molar-refractivity contribution in [2.45, 2.75) is 104 Å². The fourth-order valence-corrected chi connectivity index (χ4v) is 4.07. The SMILES string of the molecule is CCCCCCCCCCCCCCCC[N+]1(CC)CCOCC1. The second kappa shape index (κ2) is 15.2. The molecule has 1 saturated heterocycles. The van der Waals surface area contributed by atoms with E-state index in [9.17, 15) is 0 Å². The highest BCUT2D eigenvalue weighted by molar-refractivity contribution is 4.52. The molecule has 0 aliphatic carbocycles. The molecule has 0 unspecified atom stereocenters. The van der Waals surface area contributed by atoms with Gasteiger partial charge in [-0.25, -0.2) is 0 Å². The summed E-state index contributed by atoms with van der Waals surface area (Å²) in [5.74, 6) is 0. The van der Waals surface area contributed by atoms with Crippen molar-refractivity contribution in [1.29, 1.82) is 0 Å². The fraction of sp³-hybridized carbons (Fsp3) is 1.00. The van der Waals surface area contributed by atoms with Crippen LogP contribution in [0.25, 0.3) is 0 Å². The average Bonchev–Trinajstić information content (AvgIpc) is 2.63. The number of quaternary nitrogens is 1. The molecule has 0 amide bonds. The lowest BCUT2D eigenvalue weighted by Crippen LogP contribution is -2.55. The molecule has 144 valence electrons. The van der Waals surface area contributed by atoms with Gasteiger partial charge >= 0.3 is 0 Å². The molecule has 24 heavy (non-hydrogen) atoms. The maximum Gasteiger partial charge on any atom is 0.102 e. The van der Waals surface area contributed by atoms with E-state index in [1.54, 1.807) is 0 Å². The molecule has 0 aromatic rings. The molecule has 0 saturated carbocycles. The summed E-state index contributed by atoms with van der Waals surface area (Å²) in [4.78, 5) is 0. The minimum atomic E-state index is 0.979. The Kier molecular flexibility index (Phi) is 13.9. The van der Waals surface area contributed by atoms with E-state index in [2.05, 4.69) is 13.8 Å². The molecular formula is C22H46NO+. The van der Waals surface area contributed by atoms with Crippen LogP contribution >= 0.6 is 0 Å². The summed E-state index contributed by atoms with van der Waals surface area (Å²) >= 11 is 0. The van der Waals surface area contributed by atoms with Gasteiger partial charge in [0.15, 0.2) is 0 Å². The Morgan fingerprint density at radius 2 is 1.00 bits per heavy atom. The van der Waals surface area contributed by atoms with Gasteiger partial charge in [0.2, 0.25) is 0 Å². The van der Waals surface area contributed by atoms with Crippen LogP contribution in [0.1, 0.15) is 104 Å². The molecule has 0 spiro atoms. The Hall–Kier alpha value is -0.0800. The predicted octanol–water partition coefficient (Wildman–Crippen LogP) is 6.33. The van der Waals surface area contributed by atoms with Crippen LogP contribution in [0, 0.1) is 0 Å². The van der Waals surface area contributed by atoms with Gasteiger partial charge in [-0.15, -0.1) is 0 Å². The van der Waals surface area contributed by atoms with Gasteiger partial charge in [0, 0.05) is 0 Å². The molecule has 1 fully saturated rings. The Labute approximate surface area is 152 Å². The zero-order valence-electron chi connectivity index (χ0n) is 17.0. The molecule has 0 N–H and O–H groups in total. The van der Waals surface area contributed by atoms with Crippen LogP contribution in [0.3, 0.4) is 0 Å². The van der Waals surface area contributed by atoms with Crippen LogP contribution in [-0.2, 0) is 4.74 Å². The van der Waals surface area contributed by atoms with Gasteiger partial charge < -0.3 is 9.22 Å². The lowest BCUT2D eigenvalue weighted by molar-refractivity contribution is -0.933. The molecule has 1 aliphatic rings. The lowest BCUT2D eigenvalue weighted by atomic mass is 10.0. The first-order valence-electron chi connectivity index (χ1n) is 11.3. The quantitative estimate of drug-likeness (QED) is 0.235. The largest absolute Gasteiger partial charge is 0.370 e. The normalized spacial score (nSPS) is 17.2. The molecule has 0 radical (unpaired) electrons. The van der Waals surface area contributed by atoms with Crippen molar-refractivity contribution < 1.29 is 9.22 Å². The first kappa shape index (κ1) is 22.0. The van der Waals surface area contributed by atoms with Crippen LogP contribution in [0.2, 0.25) is 0 Å². The number of likely N-dealkylation sites (N-methyl/N-ethyl adjacent to an activating group) is 1. The number of morpholine rings is 1. The number of hydrogen-bond acceptors (Lipinski definition) is 1. The number of hydrogen-bond donors (Lipinski definition) is 0. The second-order valence-electron chi connectivity index (χ2n) is 8.04. The Morgan fingerprint density at radius 3 is 1.42 bits per heavy atom. The molecule has 2 heteroatoms. The van der Waals surface area contributed by atoms with E-state index in [0.29, 0.717) is 0 Å². The first-order valence-corrected chi connectivity index (χ1v) is 11.3. The van der Waals surface area contributed by atoms with Crippen LogP contribution in [-0.4, -0.2) is 43.9 Å². The third-order valence-corrected chi connectivity index (χ3v) is 6.08. The van der Waals surface area contributed by atoms with Crippen molar-refractivity contribution in [3.63, 3.8) is 0 Å². The number of nitrogens with zero attached hydrogens (tertiary/aromatic N) is 1. The topological polar surface area (TPSA) is 9.23 Å². The fourth-order valence-electron chi connectivity index (χ4n) is 4.07. The van der Waals surface area contributed by atoms with Crippen LogP contribution in [0.4, 0.5) is 0 Å². The molecule has 0 bridgehead atoms. The lowest BCUT2D eigenvalue weighted by Gasteiger charge is -2.40. The van der Waals surface area contributed by atoms with Crippen molar-refractivity contribution in [2.75, 3.05) is 39.4 Å². The predicted molar refractivity (Wildman–Crippen MR) is 107 cm³/mol. The molecule has 1 heterocycles. The molecule has 0 atom stereocenters. The maximum absolute atomic E-state index is 5.53. The third kappa shape index (κ3) is 10.7. The van der Waals surface area contributed by atoms with E-state index in [1.807, 2.05) is 0 Å². The van der Waals surface area contributed by atoms with Gasteiger partial charge in [0.25, 0.3) is 0 Å². The highest BCUT2D eigenvalue weighted by Crippen LogP contribution is 2.16. The summed E-state index contributed by atoms with van der Waals surface area (Å²) in [6.45, 7) is 11.8. The van der Waals surface area contributed by atoms with Gasteiger partial charge in [0.1, 0.15) is 13.1 Å². The van der Waals surface area contributed by atoms with Crippen molar-refractivity contribution in [2.24, 2.45) is 0 Å². The summed E-state index contributed by atoms with van der Waals surface area (Å²) in [6.07, 6.45) is 20.4. The second-order valence-corrected chi connectivity index (χ2v) is 8.04. The van der Waals surface area contributed by atoms with E-state index >= 15 is 0 Å². The van der Waals surface area contributed by atoms with Gasteiger partial charge in [-0.2, -0.15) is 0 Å². The average molecular weight is 341 g/mol. The first-order chi connectivity index (χ1) is 11.8. The van der Waals surface area contributed by atoms with E-state index in [1.165, 1.54) is 121 Å². The minimum absolute atomic E-state index is 0.979. The summed E-state index contributed by atoms with van der Waals surface area (Å²) < 4.78 is 6.85. The van der Waals surface area contributed by atoms with E-state index < -0.39 is 0 Å². The maximum atomic E-state index is 5.53. The van der Waals surface area contributed by atoms with Gasteiger partial charge in [-0.3, -0.25) is 0 Å². The number of unbranched alkanes of at least 4 members (excludes halogenated alkanes) is 13. The van der Waals surface area contributed by atoms with Crippen LogP contribution in [0.15, 0.2) is 0 Å². The van der Waals surface area contributed by atoms with Crippen LogP contribution in [0.5, 0.6) is 0 Å². The molecule has 1 aliphatic heterocycles. The summed E-state index contributed by atoms with van der Waals surface area (Å²) in [7, 11) is 0. The van der Waals surface area contributed by atoms with Crippen molar-refractivity contribution in [3.8, 4) is 0 Å². The zero-order valence-corrected chi connectivity index (χ0v) is 17.0. The van der Waals surface area contributed by atoms with Gasteiger partial charge in [-0.1, -0.05) is 84.0 Å². The number of rotatable bonds is 16. The summed E-state index contributed by atoms with van der Waals surface area (Å²) in [5.41, 5.74) is 0. The third-order valence-electron chi connectivity index (χ3n) is 6.08. The Balaban J connectivity index is 1.80. The van der Waals surface area contributed by atoms with E-state index in [4.69, 9.17) is 4.74 Å². The monoisotopic (exact) mass is 340 g/mol. The van der Waals surface area contributed by atoms with Crippen molar-refractivity contribution >= 4 is 0 Å². The molecule has 1 rings (SSSR count). The van der Waals surface area contributed by atoms with Gasteiger partial charge in [-0.05, 0) is 19.8 Å². The molecular weight excluding hydrogens is 294 g/mol. The van der Waals surface area contributed by atoms with Crippen molar-refractivity contribution in [1.82, 2.24) is 0 Å². The Morgan fingerprint density at radius 1 is 0.583 bits per heavy atom. The van der Waals surface area contributed by atoms with E-state index in [-0.39, 0.29) is 0 Å². The molecule has 0 aromatic heterocycles. The van der Waals surface area contributed by atoms with E-state index in [0.717, 1.165) is 13.2 Å². The molecule has 0 aromatic carbocycles.